The minimum atomic E-state index is -4.64. The van der Waals surface area contributed by atoms with Crippen molar-refractivity contribution in [2.45, 2.75) is 0 Å². The van der Waals surface area contributed by atoms with Crippen LogP contribution in [0, 0.1) is 0 Å². The van der Waals surface area contributed by atoms with Crippen LogP contribution in [0.5, 0.6) is 0 Å². The molecule has 0 aliphatic carbocycles. The number of rotatable bonds is 0. The maximum absolute atomic E-state index is 8.88. The van der Waals surface area contributed by atoms with Gasteiger partial charge in [0.25, 0.3) is 0 Å². The molecule has 4 nitrogen and oxygen atoms in total. The minimum Gasteiger partial charge on any atom is -1.00 e. The van der Waals surface area contributed by atoms with Gasteiger partial charge in [0.05, 0.1) is 0 Å². The fraction of sp³-hybridized carbons (Fsp3) is 0. The van der Waals surface area contributed by atoms with Gasteiger partial charge < -0.3 is 16.1 Å². The topological polar surface area (TPSA) is 77.8 Å². The molecule has 0 spiro atoms. The van der Waals surface area contributed by atoms with E-state index in [1.165, 1.54) is 0 Å². The van der Waals surface area contributed by atoms with Crippen molar-refractivity contribution in [3.05, 3.63) is 0 Å². The van der Waals surface area contributed by atoms with E-state index < -0.39 is 7.82 Å². The van der Waals surface area contributed by atoms with E-state index in [0.717, 1.165) is 0 Å². The molecular formula is H4LiO4PV. The Balaban J connectivity index is -0.0000000267. The van der Waals surface area contributed by atoms with Crippen molar-refractivity contribution in [3.63, 3.8) is 0 Å². The smallest absolute Gasteiger partial charge is 1.00 e. The molecule has 0 saturated carbocycles. The molecule has 7 heteroatoms. The molecular weight excluding hydrogens is 153 g/mol. The summed E-state index contributed by atoms with van der Waals surface area (Å²) >= 11 is 0. The Morgan fingerprint density at radius 3 is 1.29 bits per heavy atom. The Kier molecular flexibility index (Phi) is 12.2. The first-order chi connectivity index (χ1) is 2.00. The summed E-state index contributed by atoms with van der Waals surface area (Å²) in [6, 6.07) is 0. The molecule has 0 rings (SSSR count). The zero-order valence-electron chi connectivity index (χ0n) is 4.64. The Hall–Kier alpha value is 1.29. The molecule has 0 unspecified atom stereocenters. The first-order valence-corrected chi connectivity index (χ1v) is 2.35. The Bertz CT molecular complexity index is 62.2. The molecule has 0 atom stereocenters. The molecule has 3 N–H and O–H groups in total. The molecule has 1 radical (unpaired) electrons. The molecule has 7 heavy (non-hydrogen) atoms. The van der Waals surface area contributed by atoms with Gasteiger partial charge in [-0.2, -0.15) is 0 Å². The van der Waals surface area contributed by atoms with Gasteiger partial charge in [-0.05, 0) is 0 Å². The van der Waals surface area contributed by atoms with Gasteiger partial charge in [-0.1, -0.05) is 0 Å². The second-order valence-corrected chi connectivity index (χ2v) is 1.54. The number of phosphoric acid groups is 1. The van der Waals surface area contributed by atoms with Crippen molar-refractivity contribution >= 4 is 7.82 Å². The molecule has 0 aliphatic heterocycles. The van der Waals surface area contributed by atoms with Gasteiger partial charge in [-0.25, -0.2) is 4.57 Å². The summed E-state index contributed by atoms with van der Waals surface area (Å²) < 4.78 is 8.88. The zero-order valence-corrected chi connectivity index (χ0v) is 5.94. The minimum absolute atomic E-state index is 0. The zero-order chi connectivity index (χ0) is 4.50. The monoisotopic (exact) mass is 157 g/mol. The Morgan fingerprint density at radius 2 is 1.29 bits per heavy atom. The van der Waals surface area contributed by atoms with Crippen LogP contribution >= 0.6 is 7.82 Å². The van der Waals surface area contributed by atoms with E-state index in [1.807, 2.05) is 0 Å². The molecule has 0 bridgehead atoms. The van der Waals surface area contributed by atoms with Crippen molar-refractivity contribution < 1.29 is 58.1 Å². The molecule has 39 valence electrons. The molecule has 0 fully saturated rings. The van der Waals surface area contributed by atoms with E-state index in [4.69, 9.17) is 19.2 Å². The van der Waals surface area contributed by atoms with Crippen LogP contribution in [-0.4, -0.2) is 14.7 Å². The second-order valence-electron chi connectivity index (χ2n) is 0.513. The van der Waals surface area contributed by atoms with Crippen molar-refractivity contribution in [1.29, 1.82) is 0 Å². The van der Waals surface area contributed by atoms with Gasteiger partial charge in [-0.15, -0.1) is 0 Å². The van der Waals surface area contributed by atoms with Crippen molar-refractivity contribution in [1.82, 2.24) is 0 Å². The van der Waals surface area contributed by atoms with Crippen LogP contribution in [0.3, 0.4) is 0 Å². The summed E-state index contributed by atoms with van der Waals surface area (Å²) in [6.07, 6.45) is 0. The van der Waals surface area contributed by atoms with Crippen LogP contribution in [0.25, 0.3) is 0 Å². The van der Waals surface area contributed by atoms with E-state index >= 15 is 0 Å². The quantitative estimate of drug-likeness (QED) is 0.248. The molecule has 0 heterocycles. The first kappa shape index (κ1) is 15.7. The molecule has 0 aromatic rings. The van der Waals surface area contributed by atoms with Crippen LogP contribution in [-0.2, 0) is 23.1 Å². The van der Waals surface area contributed by atoms with E-state index in [-0.39, 0.29) is 38.8 Å². The number of hydrogen-bond acceptors (Lipinski definition) is 1. The van der Waals surface area contributed by atoms with Gasteiger partial charge in [-0.3, -0.25) is 0 Å². The summed E-state index contributed by atoms with van der Waals surface area (Å²) in [5, 5.41) is 0. The number of hydrogen-bond donors (Lipinski definition) is 3. The van der Waals surface area contributed by atoms with Crippen LogP contribution < -0.4 is 18.9 Å². The van der Waals surface area contributed by atoms with Gasteiger partial charge in [0.1, 0.15) is 0 Å². The molecule has 0 amide bonds. The summed E-state index contributed by atoms with van der Waals surface area (Å²) in [4.78, 5) is 21.6. The van der Waals surface area contributed by atoms with Crippen molar-refractivity contribution in [2.75, 3.05) is 0 Å². The third kappa shape index (κ3) is 122. The third-order valence-corrected chi connectivity index (χ3v) is 0. The van der Waals surface area contributed by atoms with Gasteiger partial charge in [0.15, 0.2) is 0 Å². The third-order valence-electron chi connectivity index (χ3n) is 0. The van der Waals surface area contributed by atoms with Crippen LogP contribution in [0.15, 0.2) is 0 Å². The predicted molar refractivity (Wildman–Crippen MR) is 15.4 cm³/mol. The van der Waals surface area contributed by atoms with E-state index in [2.05, 4.69) is 0 Å². The van der Waals surface area contributed by atoms with E-state index in [0.29, 0.717) is 0 Å². The molecule has 0 aliphatic rings. The maximum atomic E-state index is 8.88. The average Bonchev–Trinajstić information content (AvgIpc) is 0.722. The van der Waals surface area contributed by atoms with E-state index in [1.54, 1.807) is 0 Å². The summed E-state index contributed by atoms with van der Waals surface area (Å²) in [6.45, 7) is 0. The normalized spacial score (nSPS) is 8.43. The first-order valence-electron chi connectivity index (χ1n) is 0.783. The maximum Gasteiger partial charge on any atom is 1.00 e. The second kappa shape index (κ2) is 5.43. The van der Waals surface area contributed by atoms with Crippen LogP contribution in [0.1, 0.15) is 1.43 Å². The molecule has 0 aromatic carbocycles. The van der Waals surface area contributed by atoms with Crippen molar-refractivity contribution in [3.8, 4) is 0 Å². The average molecular weight is 157 g/mol. The Morgan fingerprint density at radius 1 is 1.29 bits per heavy atom. The summed E-state index contributed by atoms with van der Waals surface area (Å²) in [7, 11) is -4.64. The van der Waals surface area contributed by atoms with Crippen molar-refractivity contribution in [2.24, 2.45) is 0 Å². The van der Waals surface area contributed by atoms with E-state index in [9.17, 15) is 0 Å². The fourth-order valence-electron chi connectivity index (χ4n) is 0. The largest absolute Gasteiger partial charge is 1.00 e. The van der Waals surface area contributed by atoms with Crippen LogP contribution in [0.4, 0.5) is 0 Å². The van der Waals surface area contributed by atoms with Crippen LogP contribution in [0.2, 0.25) is 0 Å². The van der Waals surface area contributed by atoms with Gasteiger partial charge in [0.2, 0.25) is 0 Å². The van der Waals surface area contributed by atoms with Gasteiger partial charge in [0, 0.05) is 18.6 Å². The molecule has 0 saturated heterocycles. The SMILES string of the molecule is O=P(O)(O)O.[H-].[Li+].[V]. The predicted octanol–water partition coefficient (Wildman–Crippen LogP) is -3.81. The Labute approximate surface area is 66.1 Å². The standard InChI is InChI=1S/Li.H3O4P.V.H/c;1-5(2,3)4;;/h;(H3,1,2,3,4);;/q+1;;;-1. The van der Waals surface area contributed by atoms with Gasteiger partial charge >= 0.3 is 26.7 Å². The summed E-state index contributed by atoms with van der Waals surface area (Å²) in [5.41, 5.74) is 0. The summed E-state index contributed by atoms with van der Waals surface area (Å²) in [5.74, 6) is 0. The fourth-order valence-corrected chi connectivity index (χ4v) is 0. The molecule has 0 aromatic heterocycles.